The summed E-state index contributed by atoms with van der Waals surface area (Å²) in [5.41, 5.74) is 1.46. The van der Waals surface area contributed by atoms with E-state index in [2.05, 4.69) is 15.3 Å². The number of aryl methyl sites for hydroxylation is 1. The van der Waals surface area contributed by atoms with Crippen molar-refractivity contribution in [2.24, 2.45) is 0 Å². The van der Waals surface area contributed by atoms with Crippen molar-refractivity contribution in [3.8, 4) is 5.75 Å². The summed E-state index contributed by atoms with van der Waals surface area (Å²) in [5.74, 6) is 1.61. The summed E-state index contributed by atoms with van der Waals surface area (Å²) in [5, 5.41) is 3.08. The van der Waals surface area contributed by atoms with Crippen LogP contribution in [0.1, 0.15) is 42.8 Å². The first kappa shape index (κ1) is 16.4. The Morgan fingerprint density at radius 2 is 1.92 bits per heavy atom. The fraction of sp³-hybridized carbons (Fsp3) is 0.421. The third-order valence-corrected chi connectivity index (χ3v) is 4.80. The molecular formula is C19H23N3O2. The van der Waals surface area contributed by atoms with Crippen LogP contribution in [0, 0.1) is 6.92 Å². The highest BCUT2D eigenvalue weighted by molar-refractivity contribution is 5.88. The van der Waals surface area contributed by atoms with Gasteiger partial charge in [-0.25, -0.2) is 9.97 Å². The van der Waals surface area contributed by atoms with E-state index in [4.69, 9.17) is 4.74 Å². The highest BCUT2D eigenvalue weighted by Crippen LogP contribution is 2.41. The van der Waals surface area contributed by atoms with Gasteiger partial charge in [-0.3, -0.25) is 4.79 Å². The van der Waals surface area contributed by atoms with E-state index in [-0.39, 0.29) is 5.91 Å². The minimum Gasteiger partial charge on any atom is -0.497 e. The molecule has 0 bridgehead atoms. The van der Waals surface area contributed by atoms with Gasteiger partial charge in [0.2, 0.25) is 5.91 Å². The highest BCUT2D eigenvalue weighted by Gasteiger charge is 2.42. The molecule has 5 nitrogen and oxygen atoms in total. The Hall–Kier alpha value is -2.43. The van der Waals surface area contributed by atoms with Gasteiger partial charge in [-0.05, 0) is 43.5 Å². The number of hydrogen-bond donors (Lipinski definition) is 1. The quantitative estimate of drug-likeness (QED) is 0.918. The molecule has 1 aliphatic rings. The van der Waals surface area contributed by atoms with Crippen LogP contribution in [0.4, 0.5) is 0 Å². The number of carbonyl (C=O) groups excluding carboxylic acids is 1. The van der Waals surface area contributed by atoms with Gasteiger partial charge in [0.25, 0.3) is 0 Å². The molecule has 1 aromatic carbocycles. The summed E-state index contributed by atoms with van der Waals surface area (Å²) in [6, 6.07) is 9.71. The molecule has 5 heteroatoms. The molecular weight excluding hydrogens is 302 g/mol. The number of amides is 1. The fourth-order valence-corrected chi connectivity index (χ4v) is 3.48. The normalized spacial score (nSPS) is 15.9. The van der Waals surface area contributed by atoms with Crippen molar-refractivity contribution >= 4 is 5.91 Å². The van der Waals surface area contributed by atoms with Gasteiger partial charge in [0.05, 0.1) is 24.8 Å². The van der Waals surface area contributed by atoms with Crippen molar-refractivity contribution in [1.29, 1.82) is 0 Å². The predicted octanol–water partition coefficient (Wildman–Crippen LogP) is 2.92. The second-order valence-electron chi connectivity index (χ2n) is 6.30. The molecule has 1 aliphatic carbocycles. The summed E-state index contributed by atoms with van der Waals surface area (Å²) in [4.78, 5) is 21.4. The van der Waals surface area contributed by atoms with E-state index < -0.39 is 5.41 Å². The van der Waals surface area contributed by atoms with Crippen molar-refractivity contribution in [2.45, 2.75) is 44.6 Å². The largest absolute Gasteiger partial charge is 0.497 e. The zero-order valence-corrected chi connectivity index (χ0v) is 14.2. The molecule has 1 aromatic heterocycles. The van der Waals surface area contributed by atoms with Crippen LogP contribution in [0.3, 0.4) is 0 Å². The lowest BCUT2D eigenvalue weighted by atomic mass is 9.78. The Morgan fingerprint density at radius 1 is 1.21 bits per heavy atom. The number of benzene rings is 1. The number of rotatable bonds is 5. The summed E-state index contributed by atoms with van der Waals surface area (Å²) < 4.78 is 5.23. The van der Waals surface area contributed by atoms with E-state index in [9.17, 15) is 4.79 Å². The average molecular weight is 325 g/mol. The molecule has 24 heavy (non-hydrogen) atoms. The summed E-state index contributed by atoms with van der Waals surface area (Å²) in [7, 11) is 1.65. The molecule has 0 spiro atoms. The van der Waals surface area contributed by atoms with E-state index in [0.29, 0.717) is 12.4 Å². The minimum atomic E-state index is -0.436. The molecule has 2 aromatic rings. The van der Waals surface area contributed by atoms with Crippen LogP contribution in [0.5, 0.6) is 5.75 Å². The molecule has 0 saturated heterocycles. The van der Waals surface area contributed by atoms with Crippen molar-refractivity contribution < 1.29 is 9.53 Å². The van der Waals surface area contributed by atoms with Crippen LogP contribution >= 0.6 is 0 Å². The van der Waals surface area contributed by atoms with Crippen molar-refractivity contribution in [2.75, 3.05) is 7.11 Å². The van der Waals surface area contributed by atoms with Crippen molar-refractivity contribution in [1.82, 2.24) is 15.3 Å². The molecule has 1 saturated carbocycles. The maximum atomic E-state index is 13.0. The van der Waals surface area contributed by atoms with E-state index >= 15 is 0 Å². The number of ether oxygens (including phenoxy) is 1. The van der Waals surface area contributed by atoms with Crippen molar-refractivity contribution in [3.63, 3.8) is 0 Å². The van der Waals surface area contributed by atoms with Gasteiger partial charge in [-0.15, -0.1) is 0 Å². The first-order valence-electron chi connectivity index (χ1n) is 8.35. The molecule has 3 rings (SSSR count). The SMILES string of the molecule is COc1ccc(C2(C(=O)NCc3ccnc(C)n3)CCCC2)cc1. The monoisotopic (exact) mass is 325 g/mol. The fourth-order valence-electron chi connectivity index (χ4n) is 3.48. The first-order valence-corrected chi connectivity index (χ1v) is 8.35. The van der Waals surface area contributed by atoms with E-state index in [1.807, 2.05) is 37.3 Å². The first-order chi connectivity index (χ1) is 11.6. The number of hydrogen-bond acceptors (Lipinski definition) is 4. The number of carbonyl (C=O) groups is 1. The molecule has 1 fully saturated rings. The van der Waals surface area contributed by atoms with E-state index in [0.717, 1.165) is 42.7 Å². The van der Waals surface area contributed by atoms with E-state index in [1.165, 1.54) is 0 Å². The molecule has 0 radical (unpaired) electrons. The van der Waals surface area contributed by atoms with Gasteiger partial charge in [-0.2, -0.15) is 0 Å². The zero-order valence-electron chi connectivity index (χ0n) is 14.2. The lowest BCUT2D eigenvalue weighted by molar-refractivity contribution is -0.126. The molecule has 0 aliphatic heterocycles. The van der Waals surface area contributed by atoms with Crippen LogP contribution in [-0.2, 0) is 16.8 Å². The van der Waals surface area contributed by atoms with Crippen LogP contribution in [0.2, 0.25) is 0 Å². The third kappa shape index (κ3) is 3.25. The second-order valence-corrected chi connectivity index (χ2v) is 6.30. The van der Waals surface area contributed by atoms with Crippen molar-refractivity contribution in [3.05, 3.63) is 53.6 Å². The molecule has 1 N–H and O–H groups in total. The smallest absolute Gasteiger partial charge is 0.230 e. The lowest BCUT2D eigenvalue weighted by Gasteiger charge is -2.28. The number of nitrogens with one attached hydrogen (secondary N) is 1. The highest BCUT2D eigenvalue weighted by atomic mass is 16.5. The van der Waals surface area contributed by atoms with Gasteiger partial charge in [0, 0.05) is 6.20 Å². The topological polar surface area (TPSA) is 64.1 Å². The Balaban J connectivity index is 1.77. The van der Waals surface area contributed by atoms with Gasteiger partial charge >= 0.3 is 0 Å². The standard InChI is InChI=1S/C19H23N3O2/c1-14-20-12-9-16(22-14)13-21-18(23)19(10-3-4-11-19)15-5-7-17(24-2)8-6-15/h5-9,12H,3-4,10-11,13H2,1-2H3,(H,21,23). The van der Waals surface area contributed by atoms with Crippen LogP contribution in [0.15, 0.2) is 36.5 Å². The minimum absolute atomic E-state index is 0.0847. The summed E-state index contributed by atoms with van der Waals surface area (Å²) in [6.07, 6.45) is 5.64. The predicted molar refractivity (Wildman–Crippen MR) is 91.8 cm³/mol. The summed E-state index contributed by atoms with van der Waals surface area (Å²) in [6.45, 7) is 2.28. The van der Waals surface area contributed by atoms with Crippen LogP contribution < -0.4 is 10.1 Å². The maximum absolute atomic E-state index is 13.0. The molecule has 1 amide bonds. The molecule has 0 unspecified atom stereocenters. The number of methoxy groups -OCH3 is 1. The van der Waals surface area contributed by atoms with Gasteiger partial charge in [0.1, 0.15) is 11.6 Å². The Kier molecular flexibility index (Phi) is 4.79. The molecule has 1 heterocycles. The third-order valence-electron chi connectivity index (χ3n) is 4.80. The van der Waals surface area contributed by atoms with Gasteiger partial charge < -0.3 is 10.1 Å². The Bertz CT molecular complexity index is 707. The van der Waals surface area contributed by atoms with E-state index in [1.54, 1.807) is 13.3 Å². The number of nitrogens with zero attached hydrogens (tertiary/aromatic N) is 2. The van der Waals surface area contributed by atoms with Crippen LogP contribution in [-0.4, -0.2) is 23.0 Å². The average Bonchev–Trinajstić information content (AvgIpc) is 3.11. The van der Waals surface area contributed by atoms with Gasteiger partial charge in [-0.1, -0.05) is 25.0 Å². The van der Waals surface area contributed by atoms with Crippen LogP contribution in [0.25, 0.3) is 0 Å². The Labute approximate surface area is 142 Å². The van der Waals surface area contributed by atoms with Gasteiger partial charge in [0.15, 0.2) is 0 Å². The molecule has 126 valence electrons. The number of aromatic nitrogens is 2. The molecule has 0 atom stereocenters. The lowest BCUT2D eigenvalue weighted by Crippen LogP contribution is -2.42. The Morgan fingerprint density at radius 3 is 2.54 bits per heavy atom. The maximum Gasteiger partial charge on any atom is 0.230 e. The zero-order chi connectivity index (χ0) is 17.0. The summed E-state index contributed by atoms with van der Waals surface area (Å²) >= 11 is 0. The second kappa shape index (κ2) is 6.99.